The quantitative estimate of drug-likeness (QED) is 0.739. The number of carboxylic acids is 1. The van der Waals surface area contributed by atoms with E-state index in [1.807, 2.05) is 0 Å². The average Bonchev–Trinajstić information content (AvgIpc) is 2.67. The summed E-state index contributed by atoms with van der Waals surface area (Å²) in [6.07, 6.45) is 0. The molecule has 0 bridgehead atoms. The molecule has 7 nitrogen and oxygen atoms in total. The molecule has 1 aromatic carbocycles. The monoisotopic (exact) mass is 250 g/mol. The molecule has 0 saturated carbocycles. The number of benzene rings is 1. The summed E-state index contributed by atoms with van der Waals surface area (Å²) in [7, 11) is 1.38. The van der Waals surface area contributed by atoms with Gasteiger partial charge in [-0.15, -0.1) is 0 Å². The first kappa shape index (κ1) is 11.9. The summed E-state index contributed by atoms with van der Waals surface area (Å²) in [6, 6.07) is 4.90. The number of amides is 1. The molecule has 18 heavy (non-hydrogen) atoms. The lowest BCUT2D eigenvalue weighted by Crippen LogP contribution is -2.32. The number of fused-ring (bicyclic) bond motifs is 1. The first-order chi connectivity index (χ1) is 8.47. The normalized spacial score (nSPS) is 10.5. The number of aliphatic carboxylic acids is 1. The molecule has 0 saturated heterocycles. The Hall–Kier alpha value is -2.57. The first-order valence-electron chi connectivity index (χ1n) is 5.07. The van der Waals surface area contributed by atoms with Crippen LogP contribution in [0.5, 0.6) is 0 Å². The first-order valence-corrected chi connectivity index (χ1v) is 5.07. The Labute approximate surface area is 101 Å². The number of oxazole rings is 1. The van der Waals surface area contributed by atoms with Gasteiger partial charge in [0, 0.05) is 13.6 Å². The van der Waals surface area contributed by atoms with Gasteiger partial charge < -0.3 is 14.4 Å². The predicted molar refractivity (Wildman–Crippen MR) is 60.9 cm³/mol. The van der Waals surface area contributed by atoms with Gasteiger partial charge in [-0.3, -0.25) is 9.78 Å². The van der Waals surface area contributed by atoms with E-state index in [0.717, 1.165) is 4.90 Å². The van der Waals surface area contributed by atoms with Crippen LogP contribution in [0.15, 0.2) is 27.4 Å². The van der Waals surface area contributed by atoms with E-state index >= 15 is 0 Å². The van der Waals surface area contributed by atoms with Crippen LogP contribution in [0.1, 0.15) is 5.56 Å². The molecule has 0 radical (unpaired) electrons. The van der Waals surface area contributed by atoms with Crippen molar-refractivity contribution in [1.29, 1.82) is 0 Å². The van der Waals surface area contributed by atoms with Crippen LogP contribution in [-0.4, -0.2) is 33.9 Å². The van der Waals surface area contributed by atoms with E-state index < -0.39 is 17.6 Å². The topological polar surface area (TPSA) is 104 Å². The molecule has 2 aromatic rings. The standard InChI is InChI=1S/C11H10N2O5/c1-13(9(14)10(15)16)5-6-2-3-7-8(4-6)18-11(17)12-7/h2-4H,5H2,1H3,(H,12,17)(H,15,16). The molecular formula is C11H10N2O5. The average molecular weight is 250 g/mol. The summed E-state index contributed by atoms with van der Waals surface area (Å²) in [4.78, 5) is 36.2. The maximum atomic E-state index is 11.2. The SMILES string of the molecule is CN(Cc1ccc2[nH]c(=O)oc2c1)C(=O)C(=O)O. The summed E-state index contributed by atoms with van der Waals surface area (Å²) in [5.74, 6) is -3.06. The molecule has 0 atom stereocenters. The van der Waals surface area contributed by atoms with Crippen LogP contribution in [0.4, 0.5) is 0 Å². The van der Waals surface area contributed by atoms with Gasteiger partial charge in [0.15, 0.2) is 5.58 Å². The smallest absolute Gasteiger partial charge is 0.417 e. The van der Waals surface area contributed by atoms with Crippen LogP contribution in [0.25, 0.3) is 11.1 Å². The highest BCUT2D eigenvalue weighted by Gasteiger charge is 2.17. The van der Waals surface area contributed by atoms with Crippen LogP contribution >= 0.6 is 0 Å². The van der Waals surface area contributed by atoms with Gasteiger partial charge in [-0.1, -0.05) is 6.07 Å². The summed E-state index contributed by atoms with van der Waals surface area (Å²) < 4.78 is 4.87. The molecule has 0 aliphatic rings. The van der Waals surface area contributed by atoms with Crippen LogP contribution in [0, 0.1) is 0 Å². The number of rotatable bonds is 2. The zero-order valence-electron chi connectivity index (χ0n) is 9.47. The van der Waals surface area contributed by atoms with E-state index in [2.05, 4.69) is 4.98 Å². The molecule has 1 amide bonds. The molecule has 0 fully saturated rings. The second-order valence-electron chi connectivity index (χ2n) is 3.81. The van der Waals surface area contributed by atoms with Gasteiger partial charge >= 0.3 is 17.6 Å². The van der Waals surface area contributed by atoms with Gasteiger partial charge in [-0.05, 0) is 17.7 Å². The molecule has 2 N–H and O–H groups in total. The molecular weight excluding hydrogens is 240 g/mol. The number of hydrogen-bond acceptors (Lipinski definition) is 4. The molecule has 94 valence electrons. The third kappa shape index (κ3) is 2.24. The lowest BCUT2D eigenvalue weighted by molar-refractivity contribution is -0.155. The zero-order valence-corrected chi connectivity index (χ0v) is 9.47. The minimum Gasteiger partial charge on any atom is -0.474 e. The second-order valence-corrected chi connectivity index (χ2v) is 3.81. The fourth-order valence-electron chi connectivity index (χ4n) is 1.60. The Morgan fingerprint density at radius 1 is 1.44 bits per heavy atom. The van der Waals surface area contributed by atoms with Gasteiger partial charge in [0.1, 0.15) is 0 Å². The Kier molecular flexibility index (Phi) is 2.88. The minimum atomic E-state index is -1.51. The number of aromatic nitrogens is 1. The van der Waals surface area contributed by atoms with Crippen molar-refractivity contribution in [2.24, 2.45) is 0 Å². The fraction of sp³-hybridized carbons (Fsp3) is 0.182. The van der Waals surface area contributed by atoms with Gasteiger partial charge in [0.2, 0.25) is 0 Å². The molecule has 0 aliphatic heterocycles. The highest BCUT2D eigenvalue weighted by molar-refractivity contribution is 6.31. The van der Waals surface area contributed by atoms with Crippen LogP contribution in [0.2, 0.25) is 0 Å². The number of likely N-dealkylation sites (N-methyl/N-ethyl adjacent to an activating group) is 1. The van der Waals surface area contributed by atoms with Crippen molar-refractivity contribution in [3.05, 3.63) is 34.3 Å². The largest absolute Gasteiger partial charge is 0.474 e. The van der Waals surface area contributed by atoms with Crippen molar-refractivity contribution < 1.29 is 19.1 Å². The number of hydrogen-bond donors (Lipinski definition) is 2. The molecule has 1 heterocycles. The van der Waals surface area contributed by atoms with Gasteiger partial charge in [-0.25, -0.2) is 9.59 Å². The lowest BCUT2D eigenvalue weighted by Gasteiger charge is -2.14. The number of carbonyl (C=O) groups excluding carboxylic acids is 1. The number of carbonyl (C=O) groups is 2. The van der Waals surface area contributed by atoms with Crippen LogP contribution < -0.4 is 5.76 Å². The van der Waals surface area contributed by atoms with Crippen molar-refractivity contribution in [3.8, 4) is 0 Å². The summed E-state index contributed by atoms with van der Waals surface area (Å²) >= 11 is 0. The highest BCUT2D eigenvalue weighted by Crippen LogP contribution is 2.13. The maximum absolute atomic E-state index is 11.2. The minimum absolute atomic E-state index is 0.121. The molecule has 0 spiro atoms. The molecule has 2 rings (SSSR count). The molecule has 0 aliphatic carbocycles. The third-order valence-corrected chi connectivity index (χ3v) is 2.43. The third-order valence-electron chi connectivity index (χ3n) is 2.43. The number of carboxylic acid groups (broad SMARTS) is 1. The number of nitrogens with zero attached hydrogens (tertiary/aromatic N) is 1. The lowest BCUT2D eigenvalue weighted by atomic mass is 10.2. The second kappa shape index (κ2) is 4.36. The highest BCUT2D eigenvalue weighted by atomic mass is 16.4. The molecule has 1 aromatic heterocycles. The number of aromatic amines is 1. The maximum Gasteiger partial charge on any atom is 0.417 e. The van der Waals surface area contributed by atoms with E-state index in [-0.39, 0.29) is 6.54 Å². The Morgan fingerprint density at radius 2 is 2.17 bits per heavy atom. The van der Waals surface area contributed by atoms with Crippen LogP contribution in [-0.2, 0) is 16.1 Å². The van der Waals surface area contributed by atoms with Crippen molar-refractivity contribution >= 4 is 23.0 Å². The Morgan fingerprint density at radius 3 is 2.83 bits per heavy atom. The molecule has 7 heteroatoms. The van der Waals surface area contributed by atoms with Gasteiger partial charge in [0.05, 0.1) is 5.52 Å². The predicted octanol–water partition coefficient (Wildman–Crippen LogP) is 0.164. The van der Waals surface area contributed by atoms with Crippen molar-refractivity contribution in [2.45, 2.75) is 6.54 Å². The van der Waals surface area contributed by atoms with E-state index in [1.165, 1.54) is 7.05 Å². The summed E-state index contributed by atoms with van der Waals surface area (Å²) in [6.45, 7) is 0.121. The van der Waals surface area contributed by atoms with E-state index in [0.29, 0.717) is 16.7 Å². The number of H-pyrrole nitrogens is 1. The Balaban J connectivity index is 2.24. The van der Waals surface area contributed by atoms with E-state index in [4.69, 9.17) is 9.52 Å². The van der Waals surface area contributed by atoms with Gasteiger partial charge in [0.25, 0.3) is 0 Å². The van der Waals surface area contributed by atoms with Crippen molar-refractivity contribution in [1.82, 2.24) is 9.88 Å². The summed E-state index contributed by atoms with van der Waals surface area (Å²) in [5.41, 5.74) is 1.59. The summed E-state index contributed by atoms with van der Waals surface area (Å²) in [5, 5.41) is 8.55. The molecule has 0 unspecified atom stereocenters. The van der Waals surface area contributed by atoms with Crippen LogP contribution in [0.3, 0.4) is 0 Å². The number of nitrogens with one attached hydrogen (secondary N) is 1. The fourth-order valence-corrected chi connectivity index (χ4v) is 1.60. The van der Waals surface area contributed by atoms with E-state index in [9.17, 15) is 14.4 Å². The van der Waals surface area contributed by atoms with Crippen molar-refractivity contribution in [3.63, 3.8) is 0 Å². The van der Waals surface area contributed by atoms with Gasteiger partial charge in [-0.2, -0.15) is 0 Å². The zero-order chi connectivity index (χ0) is 13.3. The van der Waals surface area contributed by atoms with Crippen molar-refractivity contribution in [2.75, 3.05) is 7.05 Å². The Bertz CT molecular complexity index is 669. The van der Waals surface area contributed by atoms with E-state index in [1.54, 1.807) is 18.2 Å².